The number of aliphatic imine (C=N–C) groups is 1. The number of halogens is 3. The second-order valence-electron chi connectivity index (χ2n) is 6.20. The molecule has 0 aliphatic rings. The van der Waals surface area contributed by atoms with Crippen LogP contribution in [0.1, 0.15) is 24.1 Å². The highest BCUT2D eigenvalue weighted by Gasteiger charge is 2.11. The SMILES string of the molecule is CN=C(NCCc1ccc(S(C)(=O)=O)cc1)NC(C)c1ccc(F)c(F)c1.I. The number of hydrogen-bond donors (Lipinski definition) is 2. The van der Waals surface area contributed by atoms with Crippen LogP contribution in [0.2, 0.25) is 0 Å². The minimum atomic E-state index is -3.20. The summed E-state index contributed by atoms with van der Waals surface area (Å²) < 4.78 is 49.3. The second-order valence-corrected chi connectivity index (χ2v) is 8.22. The van der Waals surface area contributed by atoms with Crippen LogP contribution in [0.4, 0.5) is 8.78 Å². The monoisotopic (exact) mass is 523 g/mol. The predicted molar refractivity (Wildman–Crippen MR) is 118 cm³/mol. The number of nitrogens with zero attached hydrogens (tertiary/aromatic N) is 1. The smallest absolute Gasteiger partial charge is 0.191 e. The minimum absolute atomic E-state index is 0. The summed E-state index contributed by atoms with van der Waals surface area (Å²) in [6.45, 7) is 2.39. The van der Waals surface area contributed by atoms with Gasteiger partial charge < -0.3 is 10.6 Å². The Balaban J connectivity index is 0.00000392. The average Bonchev–Trinajstić information content (AvgIpc) is 2.62. The molecular formula is C19H24F2IN3O2S. The van der Waals surface area contributed by atoms with Gasteiger partial charge in [0.15, 0.2) is 27.4 Å². The van der Waals surface area contributed by atoms with E-state index in [1.54, 1.807) is 31.3 Å². The third-order valence-corrected chi connectivity index (χ3v) is 5.21. The van der Waals surface area contributed by atoms with Crippen molar-refractivity contribution >= 4 is 39.8 Å². The molecule has 0 radical (unpaired) electrons. The molecule has 2 N–H and O–H groups in total. The van der Waals surface area contributed by atoms with Gasteiger partial charge in [-0.3, -0.25) is 4.99 Å². The Morgan fingerprint density at radius 1 is 1.11 bits per heavy atom. The molecule has 0 amide bonds. The van der Waals surface area contributed by atoms with Crippen LogP contribution in [0.25, 0.3) is 0 Å². The van der Waals surface area contributed by atoms with Gasteiger partial charge in [-0.15, -0.1) is 24.0 Å². The van der Waals surface area contributed by atoms with Gasteiger partial charge in [-0.05, 0) is 48.7 Å². The van der Waals surface area contributed by atoms with E-state index >= 15 is 0 Å². The summed E-state index contributed by atoms with van der Waals surface area (Å²) in [6, 6.07) is 10.2. The minimum Gasteiger partial charge on any atom is -0.356 e. The van der Waals surface area contributed by atoms with E-state index in [1.807, 2.05) is 6.92 Å². The first-order valence-corrected chi connectivity index (χ1v) is 10.3. The van der Waals surface area contributed by atoms with Crippen LogP contribution >= 0.6 is 24.0 Å². The Labute approximate surface area is 181 Å². The van der Waals surface area contributed by atoms with E-state index in [1.165, 1.54) is 12.3 Å². The molecule has 0 bridgehead atoms. The van der Waals surface area contributed by atoms with Crippen LogP contribution in [0.5, 0.6) is 0 Å². The second kappa shape index (κ2) is 10.7. The molecule has 2 aromatic carbocycles. The van der Waals surface area contributed by atoms with Crippen LogP contribution < -0.4 is 10.6 Å². The van der Waals surface area contributed by atoms with E-state index in [2.05, 4.69) is 15.6 Å². The number of guanidine groups is 1. The lowest BCUT2D eigenvalue weighted by Gasteiger charge is -2.18. The lowest BCUT2D eigenvalue weighted by atomic mass is 10.1. The fraction of sp³-hybridized carbons (Fsp3) is 0.316. The van der Waals surface area contributed by atoms with Gasteiger partial charge in [-0.1, -0.05) is 18.2 Å². The van der Waals surface area contributed by atoms with Gasteiger partial charge in [-0.25, -0.2) is 17.2 Å². The van der Waals surface area contributed by atoms with Crippen LogP contribution in [0, 0.1) is 11.6 Å². The maximum absolute atomic E-state index is 13.4. The van der Waals surface area contributed by atoms with Gasteiger partial charge in [0.1, 0.15) is 0 Å². The van der Waals surface area contributed by atoms with Crippen molar-refractivity contribution in [2.75, 3.05) is 19.8 Å². The molecule has 2 aromatic rings. The van der Waals surface area contributed by atoms with Crippen molar-refractivity contribution in [3.05, 3.63) is 65.2 Å². The van der Waals surface area contributed by atoms with Crippen LogP contribution in [-0.2, 0) is 16.3 Å². The predicted octanol–water partition coefficient (Wildman–Crippen LogP) is 3.46. The molecule has 0 saturated carbocycles. The molecule has 0 aliphatic carbocycles. The molecule has 1 unspecified atom stereocenters. The van der Waals surface area contributed by atoms with Gasteiger partial charge in [0.25, 0.3) is 0 Å². The molecule has 0 fully saturated rings. The van der Waals surface area contributed by atoms with Crippen molar-refractivity contribution in [2.45, 2.75) is 24.3 Å². The van der Waals surface area contributed by atoms with Crippen molar-refractivity contribution in [1.29, 1.82) is 0 Å². The molecular weight excluding hydrogens is 499 g/mol. The molecule has 1 atom stereocenters. The Morgan fingerprint density at radius 2 is 1.75 bits per heavy atom. The first kappa shape index (κ1) is 24.3. The lowest BCUT2D eigenvalue weighted by Crippen LogP contribution is -2.39. The molecule has 0 aliphatic heterocycles. The number of benzene rings is 2. The molecule has 0 spiro atoms. The van der Waals surface area contributed by atoms with E-state index in [0.717, 1.165) is 17.7 Å². The van der Waals surface area contributed by atoms with Crippen molar-refractivity contribution in [2.24, 2.45) is 4.99 Å². The first-order valence-electron chi connectivity index (χ1n) is 8.42. The summed E-state index contributed by atoms with van der Waals surface area (Å²) in [5, 5.41) is 6.26. The number of nitrogens with one attached hydrogen (secondary N) is 2. The Kier molecular flexibility index (Phi) is 9.28. The number of sulfone groups is 1. The van der Waals surface area contributed by atoms with Gasteiger partial charge in [-0.2, -0.15) is 0 Å². The normalized spacial score (nSPS) is 12.8. The molecule has 28 heavy (non-hydrogen) atoms. The third kappa shape index (κ3) is 7.01. The fourth-order valence-electron chi connectivity index (χ4n) is 2.49. The molecule has 2 rings (SSSR count). The number of hydrogen-bond acceptors (Lipinski definition) is 3. The van der Waals surface area contributed by atoms with Crippen LogP contribution in [0.3, 0.4) is 0 Å². The standard InChI is InChI=1S/C19H23F2N3O2S.HI/c1-13(15-6-9-17(20)18(21)12-15)24-19(22-2)23-11-10-14-4-7-16(8-5-14)27(3,25)26;/h4-9,12-13H,10-11H2,1-3H3,(H2,22,23,24);1H. The molecule has 0 heterocycles. The van der Waals surface area contributed by atoms with E-state index < -0.39 is 21.5 Å². The molecule has 154 valence electrons. The molecule has 5 nitrogen and oxygen atoms in total. The van der Waals surface area contributed by atoms with Crippen molar-refractivity contribution in [3.63, 3.8) is 0 Å². The van der Waals surface area contributed by atoms with E-state index in [4.69, 9.17) is 0 Å². The Bertz CT molecular complexity index is 919. The Morgan fingerprint density at radius 3 is 2.29 bits per heavy atom. The van der Waals surface area contributed by atoms with Crippen LogP contribution in [-0.4, -0.2) is 34.2 Å². The fourth-order valence-corrected chi connectivity index (χ4v) is 3.12. The topological polar surface area (TPSA) is 70.6 Å². The highest BCUT2D eigenvalue weighted by molar-refractivity contribution is 14.0. The van der Waals surface area contributed by atoms with Gasteiger partial charge >= 0.3 is 0 Å². The number of rotatable bonds is 6. The van der Waals surface area contributed by atoms with E-state index in [-0.39, 0.29) is 34.9 Å². The maximum Gasteiger partial charge on any atom is 0.191 e. The summed E-state index contributed by atoms with van der Waals surface area (Å²) >= 11 is 0. The highest BCUT2D eigenvalue weighted by Crippen LogP contribution is 2.16. The van der Waals surface area contributed by atoms with Crippen molar-refractivity contribution < 1.29 is 17.2 Å². The van der Waals surface area contributed by atoms with Crippen LogP contribution in [0.15, 0.2) is 52.4 Å². The zero-order valence-electron chi connectivity index (χ0n) is 15.9. The summed E-state index contributed by atoms with van der Waals surface area (Å²) in [7, 11) is -1.58. The zero-order valence-corrected chi connectivity index (χ0v) is 19.0. The summed E-state index contributed by atoms with van der Waals surface area (Å²) in [4.78, 5) is 4.41. The third-order valence-electron chi connectivity index (χ3n) is 4.08. The van der Waals surface area contributed by atoms with Crippen molar-refractivity contribution in [3.8, 4) is 0 Å². The van der Waals surface area contributed by atoms with E-state index in [9.17, 15) is 17.2 Å². The molecule has 0 saturated heterocycles. The largest absolute Gasteiger partial charge is 0.356 e. The summed E-state index contributed by atoms with van der Waals surface area (Å²) in [5.41, 5.74) is 1.59. The highest BCUT2D eigenvalue weighted by atomic mass is 127. The molecule has 0 aromatic heterocycles. The summed E-state index contributed by atoms with van der Waals surface area (Å²) in [5.74, 6) is -1.24. The van der Waals surface area contributed by atoms with Gasteiger partial charge in [0.05, 0.1) is 10.9 Å². The van der Waals surface area contributed by atoms with E-state index in [0.29, 0.717) is 24.5 Å². The lowest BCUT2D eigenvalue weighted by molar-refractivity contribution is 0.504. The van der Waals surface area contributed by atoms with Gasteiger partial charge in [0, 0.05) is 19.8 Å². The quantitative estimate of drug-likeness (QED) is 0.346. The Hall–Kier alpha value is -1.75. The zero-order chi connectivity index (χ0) is 20.0. The summed E-state index contributed by atoms with van der Waals surface area (Å²) in [6.07, 6.45) is 1.84. The maximum atomic E-state index is 13.4. The average molecular weight is 523 g/mol. The van der Waals surface area contributed by atoms with Crippen molar-refractivity contribution in [1.82, 2.24) is 10.6 Å². The first-order chi connectivity index (χ1) is 12.7. The molecule has 9 heteroatoms. The van der Waals surface area contributed by atoms with Gasteiger partial charge in [0.2, 0.25) is 0 Å².